The molecule has 0 radical (unpaired) electrons. The highest BCUT2D eigenvalue weighted by Gasteiger charge is 2.22. The molecule has 1 N–H and O–H groups in total. The number of thioether (sulfide) groups is 1. The number of aryl methyl sites for hydroxylation is 1. The number of hydrogen-bond donors (Lipinski definition) is 1. The van der Waals surface area contributed by atoms with Gasteiger partial charge in [0.05, 0.1) is 23.3 Å². The maximum Gasteiger partial charge on any atom is 0.254 e. The maximum atomic E-state index is 12.3. The van der Waals surface area contributed by atoms with Crippen molar-refractivity contribution in [3.8, 4) is 11.3 Å². The lowest BCUT2D eigenvalue weighted by atomic mass is 10.1. The molecule has 132 valence electrons. The van der Waals surface area contributed by atoms with Crippen molar-refractivity contribution in [2.24, 2.45) is 0 Å². The molecule has 0 fully saturated rings. The molecule has 4 rings (SSSR count). The molecule has 0 spiro atoms. The summed E-state index contributed by atoms with van der Waals surface area (Å²) in [7, 11) is 0. The molecule has 3 heterocycles. The predicted octanol–water partition coefficient (Wildman–Crippen LogP) is 2.59. The molecule has 8 heteroatoms. The smallest absolute Gasteiger partial charge is 0.254 e. The molecule has 0 saturated carbocycles. The van der Waals surface area contributed by atoms with Crippen LogP contribution in [0.25, 0.3) is 11.3 Å². The second-order valence-corrected chi connectivity index (χ2v) is 7.07. The van der Waals surface area contributed by atoms with Gasteiger partial charge in [0.15, 0.2) is 0 Å². The highest BCUT2D eigenvalue weighted by atomic mass is 32.2. The number of hydrogen-bond acceptors (Lipinski definition) is 6. The lowest BCUT2D eigenvalue weighted by Crippen LogP contribution is -2.27. The molecule has 26 heavy (non-hydrogen) atoms. The quantitative estimate of drug-likeness (QED) is 0.761. The van der Waals surface area contributed by atoms with Crippen molar-refractivity contribution in [2.45, 2.75) is 25.0 Å². The third-order valence-corrected chi connectivity index (χ3v) is 5.12. The van der Waals surface area contributed by atoms with Gasteiger partial charge < -0.3 is 4.52 Å². The second kappa shape index (κ2) is 6.80. The van der Waals surface area contributed by atoms with Gasteiger partial charge in [0.1, 0.15) is 6.54 Å². The minimum Gasteiger partial charge on any atom is -0.338 e. The summed E-state index contributed by atoms with van der Waals surface area (Å²) in [6, 6.07) is 9.18. The van der Waals surface area contributed by atoms with Crippen molar-refractivity contribution in [2.75, 3.05) is 5.32 Å². The van der Waals surface area contributed by atoms with E-state index in [9.17, 15) is 9.59 Å². The summed E-state index contributed by atoms with van der Waals surface area (Å²) in [6.07, 6.45) is 1.39. The Kier molecular flexibility index (Phi) is 4.34. The highest BCUT2D eigenvalue weighted by molar-refractivity contribution is 7.98. The van der Waals surface area contributed by atoms with Gasteiger partial charge in [-0.05, 0) is 6.92 Å². The third-order valence-electron chi connectivity index (χ3n) is 4.15. The van der Waals surface area contributed by atoms with E-state index in [2.05, 4.69) is 15.5 Å². The van der Waals surface area contributed by atoms with E-state index in [1.165, 1.54) is 17.0 Å². The molecule has 0 saturated heterocycles. The summed E-state index contributed by atoms with van der Waals surface area (Å²) < 4.78 is 6.43. The highest BCUT2D eigenvalue weighted by Crippen LogP contribution is 2.34. The molecule has 1 aliphatic heterocycles. The van der Waals surface area contributed by atoms with Gasteiger partial charge in [0.25, 0.3) is 5.56 Å². The van der Waals surface area contributed by atoms with Gasteiger partial charge in [-0.3, -0.25) is 19.5 Å². The van der Waals surface area contributed by atoms with E-state index in [4.69, 9.17) is 4.52 Å². The SMILES string of the molecule is Cc1ccc(-c2cc(=O)n(CC(=O)Nc3onc4c3CSC4)cn2)cc1. The van der Waals surface area contributed by atoms with Crippen LogP contribution in [0.2, 0.25) is 0 Å². The van der Waals surface area contributed by atoms with Crippen LogP contribution in [0, 0.1) is 6.92 Å². The summed E-state index contributed by atoms with van der Waals surface area (Å²) in [5, 5.41) is 6.62. The Bertz CT molecular complexity index is 1020. The summed E-state index contributed by atoms with van der Waals surface area (Å²) in [6.45, 7) is 1.86. The van der Waals surface area contributed by atoms with Crippen LogP contribution in [-0.2, 0) is 22.8 Å². The standard InChI is InChI=1S/C18H16N4O3S/c1-11-2-4-12(5-3-11)14-6-17(24)22(10-19-14)7-16(23)20-18-13-8-26-9-15(13)21-25-18/h2-6,10H,7-9H2,1H3,(H,20,23). The van der Waals surface area contributed by atoms with Crippen LogP contribution in [-0.4, -0.2) is 20.6 Å². The number of nitrogens with zero attached hydrogens (tertiary/aromatic N) is 3. The monoisotopic (exact) mass is 368 g/mol. The third kappa shape index (κ3) is 3.28. The van der Waals surface area contributed by atoms with Gasteiger partial charge in [-0.15, -0.1) is 0 Å². The average molecular weight is 368 g/mol. The van der Waals surface area contributed by atoms with Crippen molar-refractivity contribution in [3.05, 3.63) is 63.8 Å². The van der Waals surface area contributed by atoms with E-state index in [1.54, 1.807) is 11.8 Å². The number of carbonyl (C=O) groups is 1. The summed E-state index contributed by atoms with van der Waals surface area (Å²) in [5.41, 5.74) is 4.08. The molecular weight excluding hydrogens is 352 g/mol. The van der Waals surface area contributed by atoms with Gasteiger partial charge in [0, 0.05) is 23.1 Å². The molecule has 1 amide bonds. The molecular formula is C18H16N4O3S. The fraction of sp³-hybridized carbons (Fsp3) is 0.222. The van der Waals surface area contributed by atoms with E-state index >= 15 is 0 Å². The lowest BCUT2D eigenvalue weighted by Gasteiger charge is -2.07. The number of fused-ring (bicyclic) bond motifs is 1. The van der Waals surface area contributed by atoms with E-state index in [1.807, 2.05) is 31.2 Å². The molecule has 0 aliphatic carbocycles. The van der Waals surface area contributed by atoms with E-state index in [0.717, 1.165) is 33.9 Å². The average Bonchev–Trinajstić information content (AvgIpc) is 3.23. The number of carbonyl (C=O) groups excluding carboxylic acids is 1. The fourth-order valence-electron chi connectivity index (χ4n) is 2.70. The lowest BCUT2D eigenvalue weighted by molar-refractivity contribution is -0.116. The van der Waals surface area contributed by atoms with Gasteiger partial charge in [-0.1, -0.05) is 35.0 Å². The first-order chi connectivity index (χ1) is 12.6. The predicted molar refractivity (Wildman–Crippen MR) is 98.8 cm³/mol. The molecule has 3 aromatic rings. The molecule has 0 bridgehead atoms. The minimum atomic E-state index is -0.354. The number of nitrogens with one attached hydrogen (secondary N) is 1. The van der Waals surface area contributed by atoms with Crippen LogP contribution >= 0.6 is 11.8 Å². The van der Waals surface area contributed by atoms with Crippen molar-refractivity contribution in [1.29, 1.82) is 0 Å². The summed E-state index contributed by atoms with van der Waals surface area (Å²) in [4.78, 5) is 28.8. The Morgan fingerprint density at radius 2 is 2.12 bits per heavy atom. The summed E-state index contributed by atoms with van der Waals surface area (Å²) in [5.74, 6) is 1.57. The van der Waals surface area contributed by atoms with Crippen LogP contribution in [0.4, 0.5) is 5.88 Å². The number of aromatic nitrogens is 3. The van der Waals surface area contributed by atoms with Crippen molar-refractivity contribution in [3.63, 3.8) is 0 Å². The zero-order chi connectivity index (χ0) is 18.1. The zero-order valence-electron chi connectivity index (χ0n) is 14.1. The second-order valence-electron chi connectivity index (χ2n) is 6.08. The largest absolute Gasteiger partial charge is 0.338 e. The Hall–Kier alpha value is -2.87. The van der Waals surface area contributed by atoms with E-state index in [0.29, 0.717) is 11.6 Å². The fourth-order valence-corrected chi connectivity index (χ4v) is 3.72. The van der Waals surface area contributed by atoms with Crippen molar-refractivity contribution in [1.82, 2.24) is 14.7 Å². The molecule has 1 aromatic carbocycles. The van der Waals surface area contributed by atoms with E-state index in [-0.39, 0.29) is 18.0 Å². The normalized spacial score (nSPS) is 12.8. The first-order valence-corrected chi connectivity index (χ1v) is 9.24. The van der Waals surface area contributed by atoms with Crippen LogP contribution in [0.15, 0.2) is 46.0 Å². The minimum absolute atomic E-state index is 0.136. The number of anilines is 1. The summed E-state index contributed by atoms with van der Waals surface area (Å²) >= 11 is 1.72. The Labute approximate surface area is 153 Å². The van der Waals surface area contributed by atoms with Crippen LogP contribution in [0.3, 0.4) is 0 Å². The van der Waals surface area contributed by atoms with Crippen molar-refractivity contribution >= 4 is 23.6 Å². The molecule has 2 aromatic heterocycles. The van der Waals surface area contributed by atoms with Crippen molar-refractivity contribution < 1.29 is 9.32 Å². The van der Waals surface area contributed by atoms with Crippen LogP contribution in [0.1, 0.15) is 16.8 Å². The first-order valence-electron chi connectivity index (χ1n) is 8.09. The molecule has 7 nitrogen and oxygen atoms in total. The molecule has 0 atom stereocenters. The number of rotatable bonds is 4. The number of amides is 1. The van der Waals surface area contributed by atoms with Crippen LogP contribution < -0.4 is 10.9 Å². The Balaban J connectivity index is 1.48. The Morgan fingerprint density at radius 1 is 1.31 bits per heavy atom. The molecule has 0 unspecified atom stereocenters. The van der Waals surface area contributed by atoms with Gasteiger partial charge >= 0.3 is 0 Å². The van der Waals surface area contributed by atoms with Crippen LogP contribution in [0.5, 0.6) is 0 Å². The van der Waals surface area contributed by atoms with Gasteiger partial charge in [-0.2, -0.15) is 11.8 Å². The van der Waals surface area contributed by atoms with Gasteiger partial charge in [0.2, 0.25) is 11.8 Å². The van der Waals surface area contributed by atoms with Gasteiger partial charge in [-0.25, -0.2) is 4.98 Å². The zero-order valence-corrected chi connectivity index (χ0v) is 14.9. The first kappa shape index (κ1) is 16.6. The van der Waals surface area contributed by atoms with E-state index < -0.39 is 0 Å². The Morgan fingerprint density at radius 3 is 2.88 bits per heavy atom. The molecule has 1 aliphatic rings. The number of benzene rings is 1. The topological polar surface area (TPSA) is 90.0 Å². The maximum absolute atomic E-state index is 12.3.